The molecule has 2 rings (SSSR count). The van der Waals surface area contributed by atoms with E-state index in [1.54, 1.807) is 18.2 Å². The number of anilines is 2. The predicted octanol–water partition coefficient (Wildman–Crippen LogP) is 3.28. The number of hydrogen-bond donors (Lipinski definition) is 2. The number of carbonyl (C=O) groups is 1. The van der Waals surface area contributed by atoms with Gasteiger partial charge in [-0.2, -0.15) is 0 Å². The SMILES string of the molecule is Cc1ccc(N)c(C)c1NC(=O)c1ccccc1F. The molecule has 0 aliphatic carbocycles. The van der Waals surface area contributed by atoms with Gasteiger partial charge in [-0.25, -0.2) is 4.39 Å². The van der Waals surface area contributed by atoms with E-state index in [-0.39, 0.29) is 5.56 Å². The van der Waals surface area contributed by atoms with Gasteiger partial charge in [-0.3, -0.25) is 4.79 Å². The van der Waals surface area contributed by atoms with Crippen molar-refractivity contribution < 1.29 is 9.18 Å². The zero-order chi connectivity index (χ0) is 14.0. The number of hydrogen-bond acceptors (Lipinski definition) is 2. The van der Waals surface area contributed by atoms with Crippen LogP contribution in [0, 0.1) is 19.7 Å². The van der Waals surface area contributed by atoms with E-state index >= 15 is 0 Å². The molecule has 0 spiro atoms. The van der Waals surface area contributed by atoms with Crippen molar-refractivity contribution in [1.29, 1.82) is 0 Å². The normalized spacial score (nSPS) is 10.3. The molecule has 98 valence electrons. The van der Waals surface area contributed by atoms with E-state index in [9.17, 15) is 9.18 Å². The van der Waals surface area contributed by atoms with Crippen LogP contribution in [0.4, 0.5) is 15.8 Å². The van der Waals surface area contributed by atoms with Crippen LogP contribution >= 0.6 is 0 Å². The lowest BCUT2D eigenvalue weighted by molar-refractivity contribution is 0.102. The van der Waals surface area contributed by atoms with Gasteiger partial charge in [0.05, 0.1) is 5.56 Å². The Kier molecular flexibility index (Phi) is 3.51. The summed E-state index contributed by atoms with van der Waals surface area (Å²) in [5, 5.41) is 2.72. The van der Waals surface area contributed by atoms with Crippen molar-refractivity contribution in [2.75, 3.05) is 11.1 Å². The second kappa shape index (κ2) is 5.10. The van der Waals surface area contributed by atoms with E-state index in [0.29, 0.717) is 11.4 Å². The van der Waals surface area contributed by atoms with Crippen LogP contribution in [0.1, 0.15) is 21.5 Å². The maximum Gasteiger partial charge on any atom is 0.258 e. The van der Waals surface area contributed by atoms with Gasteiger partial charge in [-0.1, -0.05) is 18.2 Å². The fraction of sp³-hybridized carbons (Fsp3) is 0.133. The average Bonchev–Trinajstić information content (AvgIpc) is 2.39. The van der Waals surface area contributed by atoms with Crippen molar-refractivity contribution >= 4 is 17.3 Å². The molecule has 4 heteroatoms. The molecule has 0 saturated heterocycles. The van der Waals surface area contributed by atoms with E-state index in [2.05, 4.69) is 5.32 Å². The molecule has 3 nitrogen and oxygen atoms in total. The first-order valence-corrected chi connectivity index (χ1v) is 5.92. The summed E-state index contributed by atoms with van der Waals surface area (Å²) < 4.78 is 13.5. The summed E-state index contributed by atoms with van der Waals surface area (Å²) in [7, 11) is 0. The lowest BCUT2D eigenvalue weighted by Crippen LogP contribution is -2.15. The number of amides is 1. The minimum Gasteiger partial charge on any atom is -0.398 e. The van der Waals surface area contributed by atoms with Crippen molar-refractivity contribution in [2.24, 2.45) is 0 Å². The molecule has 0 unspecified atom stereocenters. The number of nitrogens with two attached hydrogens (primary N) is 1. The Morgan fingerprint density at radius 1 is 1.16 bits per heavy atom. The van der Waals surface area contributed by atoms with Gasteiger partial charge >= 0.3 is 0 Å². The smallest absolute Gasteiger partial charge is 0.258 e. The molecule has 0 radical (unpaired) electrons. The molecule has 1 amide bonds. The Balaban J connectivity index is 2.35. The van der Waals surface area contributed by atoms with E-state index in [1.165, 1.54) is 12.1 Å². The molecule has 0 bridgehead atoms. The summed E-state index contributed by atoms with van der Waals surface area (Å²) in [6.45, 7) is 3.68. The first-order valence-electron chi connectivity index (χ1n) is 5.92. The maximum absolute atomic E-state index is 13.5. The number of aryl methyl sites for hydroxylation is 1. The van der Waals surface area contributed by atoms with E-state index < -0.39 is 11.7 Å². The number of carbonyl (C=O) groups excluding carboxylic acids is 1. The van der Waals surface area contributed by atoms with E-state index in [1.807, 2.05) is 19.9 Å². The third-order valence-electron chi connectivity index (χ3n) is 3.07. The van der Waals surface area contributed by atoms with Crippen molar-refractivity contribution in [3.63, 3.8) is 0 Å². The van der Waals surface area contributed by atoms with Gasteiger partial charge in [-0.05, 0) is 43.2 Å². The van der Waals surface area contributed by atoms with Crippen LogP contribution in [0.5, 0.6) is 0 Å². The molecule has 0 aromatic heterocycles. The minimum absolute atomic E-state index is 0.0173. The van der Waals surface area contributed by atoms with Crippen LogP contribution in [0.2, 0.25) is 0 Å². The molecule has 19 heavy (non-hydrogen) atoms. The minimum atomic E-state index is -0.542. The zero-order valence-electron chi connectivity index (χ0n) is 10.8. The molecule has 0 saturated carbocycles. The molecular weight excluding hydrogens is 243 g/mol. The Morgan fingerprint density at radius 2 is 1.84 bits per heavy atom. The molecule has 2 aromatic carbocycles. The molecular formula is C15H15FN2O. The van der Waals surface area contributed by atoms with Gasteiger partial charge in [0.25, 0.3) is 5.91 Å². The molecule has 0 aliphatic heterocycles. The molecule has 0 heterocycles. The van der Waals surface area contributed by atoms with Crippen LogP contribution < -0.4 is 11.1 Å². The summed E-state index contributed by atoms with van der Waals surface area (Å²) >= 11 is 0. The quantitative estimate of drug-likeness (QED) is 0.812. The highest BCUT2D eigenvalue weighted by molar-refractivity contribution is 6.05. The Labute approximate surface area is 111 Å². The summed E-state index contributed by atoms with van der Waals surface area (Å²) in [6.07, 6.45) is 0. The average molecular weight is 258 g/mol. The number of halogens is 1. The van der Waals surface area contributed by atoms with Gasteiger partial charge in [0.1, 0.15) is 5.82 Å². The highest BCUT2D eigenvalue weighted by Gasteiger charge is 2.14. The molecule has 2 aromatic rings. The monoisotopic (exact) mass is 258 g/mol. The van der Waals surface area contributed by atoms with Crippen molar-refractivity contribution in [1.82, 2.24) is 0 Å². The lowest BCUT2D eigenvalue weighted by Gasteiger charge is -2.13. The van der Waals surface area contributed by atoms with E-state index in [0.717, 1.165) is 11.1 Å². The Bertz CT molecular complexity index is 638. The highest BCUT2D eigenvalue weighted by atomic mass is 19.1. The predicted molar refractivity (Wildman–Crippen MR) is 74.7 cm³/mol. The van der Waals surface area contributed by atoms with Crippen LogP contribution in [-0.2, 0) is 0 Å². The Hall–Kier alpha value is -2.36. The van der Waals surface area contributed by atoms with Crippen LogP contribution in [0.3, 0.4) is 0 Å². The van der Waals surface area contributed by atoms with Crippen LogP contribution in [0.15, 0.2) is 36.4 Å². The van der Waals surface area contributed by atoms with Gasteiger partial charge in [0.2, 0.25) is 0 Å². The molecule has 0 aliphatic rings. The number of nitrogen functional groups attached to an aromatic ring is 1. The standard InChI is InChI=1S/C15H15FN2O/c1-9-7-8-13(17)10(2)14(9)18-15(19)11-5-3-4-6-12(11)16/h3-8H,17H2,1-2H3,(H,18,19). The van der Waals surface area contributed by atoms with Crippen LogP contribution in [-0.4, -0.2) is 5.91 Å². The largest absolute Gasteiger partial charge is 0.398 e. The van der Waals surface area contributed by atoms with E-state index in [4.69, 9.17) is 5.73 Å². The number of benzene rings is 2. The first-order chi connectivity index (χ1) is 9.00. The molecule has 0 fully saturated rings. The van der Waals surface area contributed by atoms with Gasteiger partial charge in [0, 0.05) is 11.4 Å². The van der Waals surface area contributed by atoms with Gasteiger partial charge < -0.3 is 11.1 Å². The maximum atomic E-state index is 13.5. The topological polar surface area (TPSA) is 55.1 Å². The fourth-order valence-corrected chi connectivity index (χ4v) is 1.88. The summed E-state index contributed by atoms with van der Waals surface area (Å²) in [4.78, 5) is 12.1. The molecule has 3 N–H and O–H groups in total. The summed E-state index contributed by atoms with van der Waals surface area (Å²) in [5.41, 5.74) is 8.72. The van der Waals surface area contributed by atoms with Crippen LogP contribution in [0.25, 0.3) is 0 Å². The van der Waals surface area contributed by atoms with Gasteiger partial charge in [0.15, 0.2) is 0 Å². The third-order valence-corrected chi connectivity index (χ3v) is 3.07. The fourth-order valence-electron chi connectivity index (χ4n) is 1.88. The van der Waals surface area contributed by atoms with Crippen molar-refractivity contribution in [3.05, 3.63) is 58.9 Å². The van der Waals surface area contributed by atoms with Crippen molar-refractivity contribution in [3.8, 4) is 0 Å². The van der Waals surface area contributed by atoms with Crippen molar-refractivity contribution in [2.45, 2.75) is 13.8 Å². The Morgan fingerprint density at radius 3 is 2.53 bits per heavy atom. The second-order valence-corrected chi connectivity index (χ2v) is 4.41. The first kappa shape index (κ1) is 13.1. The summed E-state index contributed by atoms with van der Waals surface area (Å²) in [6, 6.07) is 9.47. The lowest BCUT2D eigenvalue weighted by atomic mass is 10.1. The molecule has 0 atom stereocenters. The third kappa shape index (κ3) is 2.57. The highest BCUT2D eigenvalue weighted by Crippen LogP contribution is 2.25. The number of rotatable bonds is 2. The summed E-state index contributed by atoms with van der Waals surface area (Å²) in [5.74, 6) is -1.02. The second-order valence-electron chi connectivity index (χ2n) is 4.41. The number of nitrogens with one attached hydrogen (secondary N) is 1. The zero-order valence-corrected chi connectivity index (χ0v) is 10.8. The van der Waals surface area contributed by atoms with Gasteiger partial charge in [-0.15, -0.1) is 0 Å².